The van der Waals surface area contributed by atoms with Crippen molar-refractivity contribution in [3.8, 4) is 0 Å². The molecule has 0 saturated heterocycles. The minimum atomic E-state index is -0.994. The van der Waals surface area contributed by atoms with E-state index in [1.165, 1.54) is 11.1 Å². The number of aliphatic carboxylic acids is 1. The SMILES string of the molecule is O=C(O)CC(Cc1ccccc1)n1cc(C2=CCC(c3ccccc3)CC2)c2ccc(C(=O)O)cc21. The molecular weight excluding hydrogens is 450 g/mol. The normalized spacial score (nSPS) is 16.4. The van der Waals surface area contributed by atoms with E-state index in [1.54, 1.807) is 12.1 Å². The first-order chi connectivity index (χ1) is 17.5. The molecule has 0 radical (unpaired) electrons. The maximum atomic E-state index is 11.8. The summed E-state index contributed by atoms with van der Waals surface area (Å²) in [7, 11) is 0. The second kappa shape index (κ2) is 10.2. The van der Waals surface area contributed by atoms with Crippen LogP contribution in [0.1, 0.15) is 64.7 Å². The van der Waals surface area contributed by atoms with Crippen LogP contribution in [0.4, 0.5) is 0 Å². The predicted octanol–water partition coefficient (Wildman–Crippen LogP) is 6.95. The van der Waals surface area contributed by atoms with Crippen molar-refractivity contribution in [2.24, 2.45) is 0 Å². The number of aromatic carboxylic acids is 1. The van der Waals surface area contributed by atoms with Gasteiger partial charge in [-0.1, -0.05) is 72.8 Å². The summed E-state index contributed by atoms with van der Waals surface area (Å²) in [6.45, 7) is 0. The zero-order chi connectivity index (χ0) is 25.1. The summed E-state index contributed by atoms with van der Waals surface area (Å²) in [4.78, 5) is 23.6. The number of rotatable bonds is 8. The second-order valence-electron chi connectivity index (χ2n) is 9.54. The lowest BCUT2D eigenvalue weighted by molar-refractivity contribution is -0.137. The number of nitrogens with zero attached hydrogens (tertiary/aromatic N) is 1. The number of allylic oxidation sites excluding steroid dienone is 2. The summed E-state index contributed by atoms with van der Waals surface area (Å²) in [6.07, 6.45) is 7.74. The van der Waals surface area contributed by atoms with Gasteiger partial charge in [-0.25, -0.2) is 4.79 Å². The van der Waals surface area contributed by atoms with E-state index in [0.717, 1.165) is 41.3 Å². The summed E-state index contributed by atoms with van der Waals surface area (Å²) < 4.78 is 1.99. The van der Waals surface area contributed by atoms with Crippen LogP contribution in [0.2, 0.25) is 0 Å². The molecule has 1 aromatic heterocycles. The minimum absolute atomic E-state index is 0.0510. The zero-order valence-electron chi connectivity index (χ0n) is 20.0. The van der Waals surface area contributed by atoms with E-state index in [4.69, 9.17) is 0 Å². The Kier molecular flexibility index (Phi) is 6.72. The molecule has 1 aliphatic rings. The Hall–Kier alpha value is -4.12. The molecule has 4 aromatic rings. The van der Waals surface area contributed by atoms with Crippen LogP contribution in [-0.2, 0) is 11.2 Å². The summed E-state index contributed by atoms with van der Waals surface area (Å²) in [5, 5.41) is 20.3. The van der Waals surface area contributed by atoms with E-state index < -0.39 is 11.9 Å². The van der Waals surface area contributed by atoms with Crippen LogP contribution in [0, 0.1) is 0 Å². The van der Waals surface area contributed by atoms with Gasteiger partial charge in [-0.3, -0.25) is 4.79 Å². The number of aromatic nitrogens is 1. The van der Waals surface area contributed by atoms with Gasteiger partial charge in [-0.2, -0.15) is 0 Å². The molecule has 5 heteroatoms. The molecule has 2 N–H and O–H groups in total. The van der Waals surface area contributed by atoms with Crippen LogP contribution in [0.3, 0.4) is 0 Å². The monoisotopic (exact) mass is 479 g/mol. The standard InChI is InChI=1S/C31H29NO4/c33-30(34)19-26(17-21-7-3-1-4-8-21)32-20-28(27-16-15-25(31(35)36)18-29(27)32)24-13-11-23(12-14-24)22-9-5-2-6-10-22/h1-10,13,15-16,18,20,23,26H,11-12,14,17,19H2,(H,33,34)(H,35,36). The molecule has 0 bridgehead atoms. The summed E-state index contributed by atoms with van der Waals surface area (Å²) in [5.74, 6) is -1.39. The van der Waals surface area contributed by atoms with Crippen LogP contribution >= 0.6 is 0 Å². The third-order valence-electron chi connectivity index (χ3n) is 7.23. The number of hydrogen-bond acceptors (Lipinski definition) is 2. The van der Waals surface area contributed by atoms with Crippen molar-refractivity contribution in [2.75, 3.05) is 0 Å². The van der Waals surface area contributed by atoms with Gasteiger partial charge in [0.2, 0.25) is 0 Å². The number of carboxylic acids is 2. The Balaban J connectivity index is 1.57. The maximum Gasteiger partial charge on any atom is 0.335 e. The number of carboxylic acid groups (broad SMARTS) is 2. The second-order valence-corrected chi connectivity index (χ2v) is 9.54. The van der Waals surface area contributed by atoms with Gasteiger partial charge in [0, 0.05) is 28.7 Å². The highest BCUT2D eigenvalue weighted by molar-refractivity contribution is 5.98. The summed E-state index contributed by atoms with van der Waals surface area (Å²) in [5.41, 5.74) is 5.66. The average Bonchev–Trinajstić information content (AvgIpc) is 3.28. The summed E-state index contributed by atoms with van der Waals surface area (Å²) >= 11 is 0. The average molecular weight is 480 g/mol. The third-order valence-corrected chi connectivity index (χ3v) is 7.23. The predicted molar refractivity (Wildman–Crippen MR) is 141 cm³/mol. The molecule has 0 aliphatic heterocycles. The fourth-order valence-corrected chi connectivity index (χ4v) is 5.41. The maximum absolute atomic E-state index is 11.8. The van der Waals surface area contributed by atoms with E-state index in [0.29, 0.717) is 12.3 Å². The van der Waals surface area contributed by atoms with Crippen molar-refractivity contribution in [1.82, 2.24) is 4.57 Å². The molecule has 5 rings (SSSR count). The van der Waals surface area contributed by atoms with E-state index >= 15 is 0 Å². The molecule has 0 saturated carbocycles. The highest BCUT2D eigenvalue weighted by Gasteiger charge is 2.24. The van der Waals surface area contributed by atoms with Gasteiger partial charge in [0.05, 0.1) is 12.0 Å². The first-order valence-corrected chi connectivity index (χ1v) is 12.4. The van der Waals surface area contributed by atoms with Gasteiger partial charge in [0.1, 0.15) is 0 Å². The molecule has 2 unspecified atom stereocenters. The molecule has 2 atom stereocenters. The molecule has 1 heterocycles. The number of hydrogen-bond donors (Lipinski definition) is 2. The molecular formula is C31H29NO4. The molecule has 36 heavy (non-hydrogen) atoms. The molecule has 1 aliphatic carbocycles. The van der Waals surface area contributed by atoms with Gasteiger partial charge < -0.3 is 14.8 Å². The number of benzene rings is 3. The van der Waals surface area contributed by atoms with E-state index in [1.807, 2.05) is 53.2 Å². The zero-order valence-corrected chi connectivity index (χ0v) is 20.0. The van der Waals surface area contributed by atoms with E-state index in [2.05, 4.69) is 30.3 Å². The minimum Gasteiger partial charge on any atom is -0.481 e. The summed E-state index contributed by atoms with van der Waals surface area (Å²) in [6, 6.07) is 25.2. The third kappa shape index (κ3) is 4.96. The largest absolute Gasteiger partial charge is 0.481 e. The Morgan fingerprint density at radius 3 is 2.31 bits per heavy atom. The quantitative estimate of drug-likeness (QED) is 0.287. The lowest BCUT2D eigenvalue weighted by atomic mass is 9.82. The van der Waals surface area contributed by atoms with Crippen molar-refractivity contribution in [1.29, 1.82) is 0 Å². The topological polar surface area (TPSA) is 79.5 Å². The van der Waals surface area contributed by atoms with Crippen molar-refractivity contribution < 1.29 is 19.8 Å². The van der Waals surface area contributed by atoms with Crippen molar-refractivity contribution in [2.45, 2.75) is 44.1 Å². The molecule has 3 aromatic carbocycles. The highest BCUT2D eigenvalue weighted by atomic mass is 16.4. The first kappa shape index (κ1) is 23.6. The fourth-order valence-electron chi connectivity index (χ4n) is 5.41. The Morgan fingerprint density at radius 1 is 0.944 bits per heavy atom. The molecule has 0 amide bonds. The van der Waals surface area contributed by atoms with E-state index in [-0.39, 0.29) is 18.0 Å². The Bertz CT molecular complexity index is 1420. The first-order valence-electron chi connectivity index (χ1n) is 12.4. The van der Waals surface area contributed by atoms with Gasteiger partial charge >= 0.3 is 11.9 Å². The van der Waals surface area contributed by atoms with Crippen LogP contribution in [0.15, 0.2) is 91.1 Å². The Labute approximate surface area is 210 Å². The van der Waals surface area contributed by atoms with Crippen LogP contribution in [0.5, 0.6) is 0 Å². The van der Waals surface area contributed by atoms with Crippen molar-refractivity contribution >= 4 is 28.4 Å². The number of fused-ring (bicyclic) bond motifs is 1. The van der Waals surface area contributed by atoms with Crippen molar-refractivity contribution in [3.05, 3.63) is 113 Å². The molecule has 0 fully saturated rings. The molecule has 0 spiro atoms. The van der Waals surface area contributed by atoms with E-state index in [9.17, 15) is 19.8 Å². The van der Waals surface area contributed by atoms with Crippen LogP contribution in [-0.4, -0.2) is 26.7 Å². The highest BCUT2D eigenvalue weighted by Crippen LogP contribution is 2.40. The number of carbonyl (C=O) groups is 2. The van der Waals surface area contributed by atoms with Gasteiger partial charge in [-0.15, -0.1) is 0 Å². The van der Waals surface area contributed by atoms with Crippen LogP contribution in [0.25, 0.3) is 16.5 Å². The Morgan fingerprint density at radius 2 is 1.67 bits per heavy atom. The van der Waals surface area contributed by atoms with Gasteiger partial charge in [0.15, 0.2) is 0 Å². The fraction of sp³-hybridized carbons (Fsp3) is 0.226. The lowest BCUT2D eigenvalue weighted by Crippen LogP contribution is -2.16. The van der Waals surface area contributed by atoms with Gasteiger partial charge in [-0.05, 0) is 60.4 Å². The van der Waals surface area contributed by atoms with Crippen LogP contribution < -0.4 is 0 Å². The van der Waals surface area contributed by atoms with Gasteiger partial charge in [0.25, 0.3) is 0 Å². The molecule has 5 nitrogen and oxygen atoms in total. The van der Waals surface area contributed by atoms with Crippen molar-refractivity contribution in [3.63, 3.8) is 0 Å². The molecule has 182 valence electrons. The smallest absolute Gasteiger partial charge is 0.335 e. The lowest BCUT2D eigenvalue weighted by Gasteiger charge is -2.22.